The van der Waals surface area contributed by atoms with E-state index < -0.39 is 30.5 Å². The van der Waals surface area contributed by atoms with Crippen molar-refractivity contribution in [3.63, 3.8) is 0 Å². The summed E-state index contributed by atoms with van der Waals surface area (Å²) in [5, 5.41) is 10.5. The van der Waals surface area contributed by atoms with Crippen LogP contribution in [0.5, 0.6) is 0 Å². The Bertz CT molecular complexity index is 308. The lowest BCUT2D eigenvalue weighted by atomic mass is 9.90. The molecule has 0 spiro atoms. The molecule has 0 aliphatic carbocycles. The van der Waals surface area contributed by atoms with Crippen LogP contribution in [0.15, 0.2) is 0 Å². The number of hydrogen-bond acceptors (Lipinski definition) is 2. The molecule has 0 saturated heterocycles. The standard InChI is InChI=1S/C11H18F3NO3/c1-10(2,3)5-4-8(16)15-7(9(17)18)6-11(12,13)14/h7H,4-6H2,1-3H3,(H,15,16)(H,17,18). The number of carboxylic acids is 1. The molecule has 7 heteroatoms. The summed E-state index contributed by atoms with van der Waals surface area (Å²) in [6.07, 6.45) is -5.72. The second-order valence-electron chi connectivity index (χ2n) is 5.34. The topological polar surface area (TPSA) is 66.4 Å². The van der Waals surface area contributed by atoms with Crippen LogP contribution in [0.1, 0.15) is 40.0 Å². The van der Waals surface area contributed by atoms with Crippen molar-refractivity contribution in [2.24, 2.45) is 5.41 Å². The third-order valence-corrected chi connectivity index (χ3v) is 2.17. The van der Waals surface area contributed by atoms with E-state index in [0.717, 1.165) is 0 Å². The number of carbonyl (C=O) groups excluding carboxylic acids is 1. The maximum atomic E-state index is 12.1. The Labute approximate surface area is 104 Å². The average molecular weight is 269 g/mol. The van der Waals surface area contributed by atoms with Crippen molar-refractivity contribution in [1.82, 2.24) is 5.32 Å². The van der Waals surface area contributed by atoms with Crippen molar-refractivity contribution in [2.45, 2.75) is 52.3 Å². The molecule has 1 amide bonds. The molecule has 0 heterocycles. The lowest BCUT2D eigenvalue weighted by molar-refractivity contribution is -0.160. The Morgan fingerprint density at radius 2 is 1.72 bits per heavy atom. The molecule has 0 aromatic heterocycles. The lowest BCUT2D eigenvalue weighted by Gasteiger charge is -2.19. The van der Waals surface area contributed by atoms with E-state index in [1.54, 1.807) is 0 Å². The normalized spacial score (nSPS) is 14.1. The van der Waals surface area contributed by atoms with Crippen molar-refractivity contribution < 1.29 is 27.9 Å². The van der Waals surface area contributed by atoms with E-state index >= 15 is 0 Å². The molecule has 0 aliphatic rings. The van der Waals surface area contributed by atoms with E-state index in [0.29, 0.717) is 6.42 Å². The SMILES string of the molecule is CC(C)(C)CCC(=O)NC(CC(F)(F)F)C(=O)O. The summed E-state index contributed by atoms with van der Waals surface area (Å²) < 4.78 is 36.2. The fourth-order valence-corrected chi connectivity index (χ4v) is 1.19. The summed E-state index contributed by atoms with van der Waals surface area (Å²) in [5.74, 6) is -2.36. The van der Waals surface area contributed by atoms with Gasteiger partial charge in [-0.25, -0.2) is 4.79 Å². The first-order valence-electron chi connectivity index (χ1n) is 5.50. The van der Waals surface area contributed by atoms with Crippen LogP contribution in [-0.2, 0) is 9.59 Å². The highest BCUT2D eigenvalue weighted by molar-refractivity contribution is 5.83. The smallest absolute Gasteiger partial charge is 0.391 e. The molecule has 106 valence electrons. The van der Waals surface area contributed by atoms with Gasteiger partial charge in [0.05, 0.1) is 6.42 Å². The van der Waals surface area contributed by atoms with Gasteiger partial charge in [-0.2, -0.15) is 13.2 Å². The van der Waals surface area contributed by atoms with Gasteiger partial charge < -0.3 is 10.4 Å². The number of alkyl halides is 3. The number of rotatable bonds is 5. The molecule has 0 fully saturated rings. The summed E-state index contributed by atoms with van der Waals surface area (Å²) in [7, 11) is 0. The minimum atomic E-state index is -4.62. The van der Waals surface area contributed by atoms with E-state index in [1.165, 1.54) is 0 Å². The van der Waals surface area contributed by atoms with Crippen LogP contribution >= 0.6 is 0 Å². The van der Waals surface area contributed by atoms with Gasteiger partial charge in [-0.05, 0) is 11.8 Å². The van der Waals surface area contributed by atoms with Crippen LogP contribution < -0.4 is 5.32 Å². The van der Waals surface area contributed by atoms with Gasteiger partial charge in [0.15, 0.2) is 0 Å². The van der Waals surface area contributed by atoms with Gasteiger partial charge in [-0.3, -0.25) is 4.79 Å². The van der Waals surface area contributed by atoms with E-state index in [1.807, 2.05) is 26.1 Å². The average Bonchev–Trinajstić information content (AvgIpc) is 2.10. The zero-order valence-electron chi connectivity index (χ0n) is 10.6. The summed E-state index contributed by atoms with van der Waals surface area (Å²) in [6.45, 7) is 5.64. The largest absolute Gasteiger partial charge is 0.480 e. The number of halogens is 3. The third-order valence-electron chi connectivity index (χ3n) is 2.17. The van der Waals surface area contributed by atoms with Gasteiger partial charge in [0.25, 0.3) is 0 Å². The Morgan fingerprint density at radius 3 is 2.06 bits per heavy atom. The maximum absolute atomic E-state index is 12.1. The van der Waals surface area contributed by atoms with E-state index in [2.05, 4.69) is 0 Å². The van der Waals surface area contributed by atoms with Crippen LogP contribution in [-0.4, -0.2) is 29.2 Å². The van der Waals surface area contributed by atoms with Crippen molar-refractivity contribution in [1.29, 1.82) is 0 Å². The van der Waals surface area contributed by atoms with E-state index in [4.69, 9.17) is 5.11 Å². The molecule has 18 heavy (non-hydrogen) atoms. The molecule has 4 nitrogen and oxygen atoms in total. The number of hydrogen-bond donors (Lipinski definition) is 2. The van der Waals surface area contributed by atoms with Crippen LogP contribution in [0.3, 0.4) is 0 Å². The van der Waals surface area contributed by atoms with Crippen molar-refractivity contribution in [3.05, 3.63) is 0 Å². The molecular formula is C11H18F3NO3. The highest BCUT2D eigenvalue weighted by atomic mass is 19.4. The first-order valence-corrected chi connectivity index (χ1v) is 5.50. The van der Waals surface area contributed by atoms with Crippen LogP contribution in [0.25, 0.3) is 0 Å². The fraction of sp³-hybridized carbons (Fsp3) is 0.818. The summed E-state index contributed by atoms with van der Waals surface area (Å²) in [4.78, 5) is 21.9. The highest BCUT2D eigenvalue weighted by Crippen LogP contribution is 2.23. The van der Waals surface area contributed by atoms with Crippen molar-refractivity contribution in [2.75, 3.05) is 0 Å². The Balaban J connectivity index is 4.34. The molecule has 2 N–H and O–H groups in total. The number of carbonyl (C=O) groups is 2. The molecule has 0 radical (unpaired) electrons. The number of nitrogens with one attached hydrogen (secondary N) is 1. The second kappa shape index (κ2) is 6.06. The fourth-order valence-electron chi connectivity index (χ4n) is 1.19. The van der Waals surface area contributed by atoms with Gasteiger partial charge in [-0.15, -0.1) is 0 Å². The first-order chi connectivity index (χ1) is 7.91. The van der Waals surface area contributed by atoms with Crippen molar-refractivity contribution >= 4 is 11.9 Å². The minimum absolute atomic E-state index is 0.00510. The zero-order chi connectivity index (χ0) is 14.6. The molecule has 0 saturated carbocycles. The third kappa shape index (κ3) is 8.83. The van der Waals surface area contributed by atoms with Gasteiger partial charge in [0.2, 0.25) is 5.91 Å². The van der Waals surface area contributed by atoms with E-state index in [9.17, 15) is 22.8 Å². The molecule has 0 aromatic carbocycles. The molecule has 0 aromatic rings. The van der Waals surface area contributed by atoms with Crippen molar-refractivity contribution in [3.8, 4) is 0 Å². The first kappa shape index (κ1) is 16.7. The molecule has 1 atom stereocenters. The minimum Gasteiger partial charge on any atom is -0.480 e. The summed E-state index contributed by atoms with van der Waals surface area (Å²) in [6, 6.07) is -1.92. The molecule has 0 aliphatic heterocycles. The van der Waals surface area contributed by atoms with Crippen LogP contribution in [0.2, 0.25) is 0 Å². The Morgan fingerprint density at radius 1 is 1.22 bits per heavy atom. The number of amides is 1. The predicted molar refractivity (Wildman–Crippen MR) is 58.9 cm³/mol. The zero-order valence-corrected chi connectivity index (χ0v) is 10.6. The number of aliphatic carboxylic acids is 1. The highest BCUT2D eigenvalue weighted by Gasteiger charge is 2.36. The summed E-state index contributed by atoms with van der Waals surface area (Å²) in [5.41, 5.74) is -0.139. The van der Waals surface area contributed by atoms with Gasteiger partial charge >= 0.3 is 12.1 Å². The van der Waals surface area contributed by atoms with Crippen LogP contribution in [0, 0.1) is 5.41 Å². The van der Waals surface area contributed by atoms with Gasteiger partial charge in [0.1, 0.15) is 6.04 Å². The van der Waals surface area contributed by atoms with Gasteiger partial charge in [-0.1, -0.05) is 20.8 Å². The quantitative estimate of drug-likeness (QED) is 0.805. The Kier molecular flexibility index (Phi) is 5.63. The monoisotopic (exact) mass is 269 g/mol. The second-order valence-corrected chi connectivity index (χ2v) is 5.34. The molecule has 1 unspecified atom stereocenters. The molecular weight excluding hydrogens is 251 g/mol. The molecule has 0 bridgehead atoms. The van der Waals surface area contributed by atoms with E-state index in [-0.39, 0.29) is 11.8 Å². The molecule has 0 rings (SSSR count). The van der Waals surface area contributed by atoms with Crippen LogP contribution in [0.4, 0.5) is 13.2 Å². The predicted octanol–water partition coefficient (Wildman–Crippen LogP) is 2.33. The Hall–Kier alpha value is -1.27. The summed E-state index contributed by atoms with van der Waals surface area (Å²) >= 11 is 0. The number of carboxylic acid groups (broad SMARTS) is 1. The van der Waals surface area contributed by atoms with Gasteiger partial charge in [0, 0.05) is 6.42 Å². The lowest BCUT2D eigenvalue weighted by Crippen LogP contribution is -2.43. The maximum Gasteiger partial charge on any atom is 0.391 e.